The van der Waals surface area contributed by atoms with Gasteiger partial charge in [0.1, 0.15) is 12.1 Å². The maximum Gasteiger partial charge on any atom is 0.573 e. The number of hydrogen-bond donors (Lipinski definition) is 0. The number of ether oxygens (including phenoxy) is 1. The van der Waals surface area contributed by atoms with Crippen LogP contribution in [0, 0.1) is 12.3 Å². The summed E-state index contributed by atoms with van der Waals surface area (Å²) in [7, 11) is 0. The summed E-state index contributed by atoms with van der Waals surface area (Å²) >= 11 is 0. The summed E-state index contributed by atoms with van der Waals surface area (Å²) in [5.41, 5.74) is 2.81. The first-order valence-corrected chi connectivity index (χ1v) is 9.70. The topological polar surface area (TPSA) is 55.3 Å². The zero-order valence-electron chi connectivity index (χ0n) is 16.4. The highest BCUT2D eigenvalue weighted by molar-refractivity contribution is 5.94. The van der Waals surface area contributed by atoms with E-state index in [-0.39, 0.29) is 17.6 Å². The number of halogens is 3. The third-order valence-electron chi connectivity index (χ3n) is 5.34. The lowest BCUT2D eigenvalue weighted by molar-refractivity contribution is -0.274. The van der Waals surface area contributed by atoms with Crippen LogP contribution in [0.5, 0.6) is 5.75 Å². The number of carbonyl (C=O) groups excluding carboxylic acids is 1. The number of hydrogen-bond acceptors (Lipinski definition) is 4. The summed E-state index contributed by atoms with van der Waals surface area (Å²) in [5.74, 6) is 2.20. The number of fused-ring (bicyclic) bond motifs is 1. The van der Waals surface area contributed by atoms with Crippen LogP contribution >= 0.6 is 0 Å². The molecule has 0 radical (unpaired) electrons. The SMILES string of the molecule is C#Cc1ccc2c(C3CCN(C(=O)c4ccc(OC(F)(F)F)cc4)CC3)ncnc2c1. The van der Waals surface area contributed by atoms with Gasteiger partial charge < -0.3 is 9.64 Å². The van der Waals surface area contributed by atoms with E-state index in [0.29, 0.717) is 18.7 Å². The molecule has 31 heavy (non-hydrogen) atoms. The van der Waals surface area contributed by atoms with E-state index < -0.39 is 6.36 Å². The van der Waals surface area contributed by atoms with Crippen molar-refractivity contribution < 1.29 is 22.7 Å². The summed E-state index contributed by atoms with van der Waals surface area (Å²) in [6.07, 6.45) is 3.68. The molecule has 2 heterocycles. The number of carbonyl (C=O) groups is 1. The van der Waals surface area contributed by atoms with Crippen LogP contribution in [0.25, 0.3) is 10.9 Å². The molecule has 8 heteroatoms. The molecule has 3 aromatic rings. The van der Waals surface area contributed by atoms with Crippen LogP contribution in [-0.2, 0) is 0 Å². The normalized spacial score (nSPS) is 15.0. The van der Waals surface area contributed by atoms with E-state index in [0.717, 1.165) is 47.1 Å². The van der Waals surface area contributed by atoms with Crippen molar-refractivity contribution in [2.45, 2.75) is 25.1 Å². The van der Waals surface area contributed by atoms with Crippen LogP contribution < -0.4 is 4.74 Å². The van der Waals surface area contributed by atoms with Gasteiger partial charge in [-0.2, -0.15) is 0 Å². The van der Waals surface area contributed by atoms with Gasteiger partial charge >= 0.3 is 6.36 Å². The van der Waals surface area contributed by atoms with E-state index in [1.54, 1.807) is 4.90 Å². The number of benzene rings is 2. The number of alkyl halides is 3. The first-order chi connectivity index (χ1) is 14.8. The van der Waals surface area contributed by atoms with Crippen molar-refractivity contribution in [3.8, 4) is 18.1 Å². The van der Waals surface area contributed by atoms with Crippen molar-refractivity contribution >= 4 is 16.8 Å². The fourth-order valence-corrected chi connectivity index (χ4v) is 3.83. The quantitative estimate of drug-likeness (QED) is 0.579. The molecular weight excluding hydrogens is 407 g/mol. The predicted octanol–water partition coefficient (Wildman–Crippen LogP) is 4.53. The van der Waals surface area contributed by atoms with Crippen LogP contribution in [-0.4, -0.2) is 40.2 Å². The van der Waals surface area contributed by atoms with Crippen LogP contribution in [0.15, 0.2) is 48.8 Å². The van der Waals surface area contributed by atoms with Gasteiger partial charge in [0.25, 0.3) is 5.91 Å². The maximum absolute atomic E-state index is 12.7. The molecule has 0 saturated carbocycles. The fourth-order valence-electron chi connectivity index (χ4n) is 3.83. The van der Waals surface area contributed by atoms with E-state index in [2.05, 4.69) is 20.6 Å². The smallest absolute Gasteiger partial charge is 0.406 e. The first kappa shape index (κ1) is 20.7. The lowest BCUT2D eigenvalue weighted by atomic mass is 9.90. The highest BCUT2D eigenvalue weighted by Gasteiger charge is 2.31. The monoisotopic (exact) mass is 425 g/mol. The number of terminal acetylenes is 1. The molecule has 2 aromatic carbocycles. The Bertz CT molecular complexity index is 1150. The second-order valence-electron chi connectivity index (χ2n) is 7.27. The van der Waals surface area contributed by atoms with Crippen LogP contribution in [0.3, 0.4) is 0 Å². The van der Waals surface area contributed by atoms with Gasteiger partial charge in [0.2, 0.25) is 0 Å². The number of nitrogens with zero attached hydrogens (tertiary/aromatic N) is 3. The highest BCUT2D eigenvalue weighted by Crippen LogP contribution is 2.32. The summed E-state index contributed by atoms with van der Waals surface area (Å²) in [6, 6.07) is 10.6. The Morgan fingerprint density at radius 2 is 1.81 bits per heavy atom. The first-order valence-electron chi connectivity index (χ1n) is 9.70. The Kier molecular flexibility index (Phi) is 5.51. The second-order valence-corrected chi connectivity index (χ2v) is 7.27. The van der Waals surface area contributed by atoms with Gasteiger partial charge in [-0.3, -0.25) is 4.79 Å². The molecule has 0 atom stereocenters. The largest absolute Gasteiger partial charge is 0.573 e. The Labute approximate surface area is 176 Å². The van der Waals surface area contributed by atoms with E-state index in [9.17, 15) is 18.0 Å². The molecule has 0 N–H and O–H groups in total. The van der Waals surface area contributed by atoms with E-state index >= 15 is 0 Å². The summed E-state index contributed by atoms with van der Waals surface area (Å²) in [4.78, 5) is 23.2. The van der Waals surface area contributed by atoms with Crippen molar-refractivity contribution in [1.29, 1.82) is 0 Å². The van der Waals surface area contributed by atoms with Crippen molar-refractivity contribution in [2.75, 3.05) is 13.1 Å². The van der Waals surface area contributed by atoms with Crippen LogP contribution in [0.1, 0.15) is 40.4 Å². The number of piperidine rings is 1. The van der Waals surface area contributed by atoms with Gasteiger partial charge in [-0.15, -0.1) is 19.6 Å². The third kappa shape index (κ3) is 4.61. The van der Waals surface area contributed by atoms with E-state index in [4.69, 9.17) is 6.42 Å². The minimum atomic E-state index is -4.76. The molecule has 1 aliphatic rings. The minimum absolute atomic E-state index is 0.175. The second kappa shape index (κ2) is 8.26. The van der Waals surface area contributed by atoms with Crippen LogP contribution in [0.4, 0.5) is 13.2 Å². The Hall–Kier alpha value is -3.60. The highest BCUT2D eigenvalue weighted by atomic mass is 19.4. The Morgan fingerprint density at radius 1 is 1.10 bits per heavy atom. The van der Waals surface area contributed by atoms with Crippen LogP contribution in [0.2, 0.25) is 0 Å². The third-order valence-corrected chi connectivity index (χ3v) is 5.34. The van der Waals surface area contributed by atoms with Crippen molar-refractivity contribution in [3.05, 3.63) is 65.6 Å². The van der Waals surface area contributed by atoms with Crippen molar-refractivity contribution in [3.63, 3.8) is 0 Å². The van der Waals surface area contributed by atoms with E-state index in [1.165, 1.54) is 18.5 Å². The summed E-state index contributed by atoms with van der Waals surface area (Å²) in [6.45, 7) is 1.05. The summed E-state index contributed by atoms with van der Waals surface area (Å²) < 4.78 is 40.7. The molecular formula is C23H18F3N3O2. The lowest BCUT2D eigenvalue weighted by Gasteiger charge is -2.32. The Morgan fingerprint density at radius 3 is 2.45 bits per heavy atom. The van der Waals surface area contributed by atoms with E-state index in [1.807, 2.05) is 18.2 Å². The average Bonchev–Trinajstić information content (AvgIpc) is 2.77. The molecule has 0 aliphatic carbocycles. The van der Waals surface area contributed by atoms with Gasteiger partial charge in [-0.1, -0.05) is 5.92 Å². The predicted molar refractivity (Wildman–Crippen MR) is 108 cm³/mol. The summed E-state index contributed by atoms with van der Waals surface area (Å²) in [5, 5.41) is 0.950. The number of likely N-dealkylation sites (tertiary alicyclic amines) is 1. The van der Waals surface area contributed by atoms with Gasteiger partial charge in [0.15, 0.2) is 0 Å². The van der Waals surface area contributed by atoms with Gasteiger partial charge in [-0.25, -0.2) is 9.97 Å². The Balaban J connectivity index is 1.44. The minimum Gasteiger partial charge on any atom is -0.406 e. The zero-order chi connectivity index (χ0) is 22.0. The molecule has 1 amide bonds. The fraction of sp³-hybridized carbons (Fsp3) is 0.261. The number of aromatic nitrogens is 2. The molecule has 1 fully saturated rings. The molecule has 0 bridgehead atoms. The van der Waals surface area contributed by atoms with Crippen molar-refractivity contribution in [1.82, 2.24) is 14.9 Å². The van der Waals surface area contributed by atoms with Gasteiger partial charge in [-0.05, 0) is 55.3 Å². The van der Waals surface area contributed by atoms with Gasteiger partial charge in [0.05, 0.1) is 11.2 Å². The molecule has 1 aromatic heterocycles. The molecule has 1 saturated heterocycles. The number of amides is 1. The molecule has 0 unspecified atom stereocenters. The zero-order valence-corrected chi connectivity index (χ0v) is 16.4. The van der Waals surface area contributed by atoms with Crippen molar-refractivity contribution in [2.24, 2.45) is 0 Å². The molecule has 5 nitrogen and oxygen atoms in total. The van der Waals surface area contributed by atoms with Gasteiger partial charge in [0, 0.05) is 35.5 Å². The molecule has 1 aliphatic heterocycles. The molecule has 0 spiro atoms. The average molecular weight is 425 g/mol. The molecule has 158 valence electrons. The maximum atomic E-state index is 12.7. The lowest BCUT2D eigenvalue weighted by Crippen LogP contribution is -2.38. The standard InChI is InChI=1S/C23H18F3N3O2/c1-2-15-3-8-19-20(13-15)27-14-28-21(19)16-9-11-29(12-10-16)22(30)17-4-6-18(7-5-17)31-23(24,25)26/h1,3-8,13-14,16H,9-12H2. The number of rotatable bonds is 3. The molecule has 4 rings (SSSR count).